The quantitative estimate of drug-likeness (QED) is 0.826. The van der Waals surface area contributed by atoms with Crippen LogP contribution in [0.15, 0.2) is 45.9 Å². The molecule has 1 N–H and O–H groups in total. The van der Waals surface area contributed by atoms with E-state index in [0.717, 1.165) is 27.0 Å². The van der Waals surface area contributed by atoms with Gasteiger partial charge in [0.1, 0.15) is 0 Å². The molecule has 20 heavy (non-hydrogen) atoms. The second kappa shape index (κ2) is 6.90. The first-order chi connectivity index (χ1) is 9.61. The molecule has 0 unspecified atom stereocenters. The maximum atomic E-state index is 12.2. The molecule has 1 amide bonds. The molecule has 104 valence electrons. The van der Waals surface area contributed by atoms with Gasteiger partial charge in [-0.25, -0.2) is 0 Å². The van der Waals surface area contributed by atoms with Crippen LogP contribution in [-0.4, -0.2) is 10.9 Å². The molecule has 0 bridgehead atoms. The Labute approximate surface area is 132 Å². The zero-order valence-corrected chi connectivity index (χ0v) is 13.5. The van der Waals surface area contributed by atoms with E-state index in [0.29, 0.717) is 12.1 Å². The number of carbonyl (C=O) groups excluding carboxylic acids is 1. The van der Waals surface area contributed by atoms with Crippen molar-refractivity contribution in [2.24, 2.45) is 0 Å². The second-order valence-electron chi connectivity index (χ2n) is 4.31. The third-order valence-electron chi connectivity index (χ3n) is 2.98. The van der Waals surface area contributed by atoms with Crippen molar-refractivity contribution in [3.63, 3.8) is 0 Å². The number of aryl methyl sites for hydroxylation is 1. The van der Waals surface area contributed by atoms with E-state index in [-0.39, 0.29) is 5.91 Å². The van der Waals surface area contributed by atoms with Crippen LogP contribution in [0.25, 0.3) is 0 Å². The van der Waals surface area contributed by atoms with E-state index in [1.807, 2.05) is 24.3 Å². The fourth-order valence-corrected chi connectivity index (χ4v) is 2.53. The summed E-state index contributed by atoms with van der Waals surface area (Å²) in [4.78, 5) is 17.3. The normalized spacial score (nSPS) is 10.3. The molecule has 1 aromatic heterocycles. The molecule has 5 heteroatoms. The third kappa shape index (κ3) is 3.61. The van der Waals surface area contributed by atoms with E-state index in [9.17, 15) is 4.79 Å². The highest BCUT2D eigenvalue weighted by Crippen LogP contribution is 2.20. The summed E-state index contributed by atoms with van der Waals surface area (Å²) in [5.74, 6) is -0.138. The zero-order chi connectivity index (χ0) is 14.5. The van der Waals surface area contributed by atoms with Gasteiger partial charge in [0.05, 0.1) is 17.8 Å². The molecule has 0 aliphatic rings. The van der Waals surface area contributed by atoms with E-state index in [2.05, 4.69) is 45.8 Å². The Morgan fingerprint density at radius 1 is 1.40 bits per heavy atom. The minimum atomic E-state index is -0.138. The number of benzene rings is 1. The van der Waals surface area contributed by atoms with Gasteiger partial charge < -0.3 is 5.32 Å². The van der Waals surface area contributed by atoms with E-state index < -0.39 is 0 Å². The van der Waals surface area contributed by atoms with Crippen LogP contribution in [-0.2, 0) is 13.0 Å². The molecule has 3 nitrogen and oxygen atoms in total. The molecule has 0 radical (unpaired) electrons. The van der Waals surface area contributed by atoms with Crippen molar-refractivity contribution < 1.29 is 4.79 Å². The summed E-state index contributed by atoms with van der Waals surface area (Å²) < 4.78 is 0.754. The number of amides is 1. The van der Waals surface area contributed by atoms with Crippen molar-refractivity contribution in [3.8, 4) is 0 Å². The lowest BCUT2D eigenvalue weighted by Crippen LogP contribution is -2.24. The molecule has 2 rings (SSSR count). The number of hydrogen-bond acceptors (Lipinski definition) is 3. The van der Waals surface area contributed by atoms with Crippen LogP contribution in [0.1, 0.15) is 28.5 Å². The highest BCUT2D eigenvalue weighted by molar-refractivity contribution is 9.10. The summed E-state index contributed by atoms with van der Waals surface area (Å²) in [6.07, 6.45) is 2.64. The summed E-state index contributed by atoms with van der Waals surface area (Å²) in [6.45, 7) is 2.50. The number of aromatic nitrogens is 1. The molecule has 0 aliphatic carbocycles. The number of rotatable bonds is 4. The first-order valence-corrected chi connectivity index (χ1v) is 7.55. The number of hydrogen-bond donors (Lipinski definition) is 2. The van der Waals surface area contributed by atoms with Gasteiger partial charge in [0, 0.05) is 15.6 Å². The van der Waals surface area contributed by atoms with Crippen LogP contribution < -0.4 is 5.32 Å². The summed E-state index contributed by atoms with van der Waals surface area (Å²) in [5, 5.41) is 2.89. The van der Waals surface area contributed by atoms with Crippen LogP contribution >= 0.6 is 28.6 Å². The summed E-state index contributed by atoms with van der Waals surface area (Å²) in [5.41, 5.74) is 2.63. The van der Waals surface area contributed by atoms with Crippen LogP contribution in [0.4, 0.5) is 0 Å². The van der Waals surface area contributed by atoms with Crippen LogP contribution in [0, 0.1) is 0 Å². The number of halogens is 1. The predicted octanol–water partition coefficient (Wildman–Crippen LogP) is 3.63. The summed E-state index contributed by atoms with van der Waals surface area (Å²) >= 11 is 7.63. The van der Waals surface area contributed by atoms with E-state index in [1.54, 1.807) is 12.3 Å². The SMILES string of the molecule is CCc1cccnc1CNC(=O)c1cc(S)ccc1Br. The molecule has 0 atom stereocenters. The van der Waals surface area contributed by atoms with Crippen LogP contribution in [0.2, 0.25) is 0 Å². The van der Waals surface area contributed by atoms with Gasteiger partial charge in [0.15, 0.2) is 0 Å². The maximum Gasteiger partial charge on any atom is 0.252 e. The van der Waals surface area contributed by atoms with Gasteiger partial charge in [0.25, 0.3) is 5.91 Å². The molecule has 0 aliphatic heterocycles. The molecule has 1 heterocycles. The Bertz CT molecular complexity index is 631. The van der Waals surface area contributed by atoms with Crippen molar-refractivity contribution in [3.05, 3.63) is 57.8 Å². The van der Waals surface area contributed by atoms with E-state index in [4.69, 9.17) is 0 Å². The minimum absolute atomic E-state index is 0.138. The smallest absolute Gasteiger partial charge is 0.252 e. The summed E-state index contributed by atoms with van der Waals surface area (Å²) in [7, 11) is 0. The highest BCUT2D eigenvalue weighted by Gasteiger charge is 2.11. The molecule has 1 aromatic carbocycles. The maximum absolute atomic E-state index is 12.2. The van der Waals surface area contributed by atoms with Gasteiger partial charge in [-0.3, -0.25) is 9.78 Å². The average Bonchev–Trinajstić information content (AvgIpc) is 2.47. The molecule has 0 fully saturated rings. The van der Waals surface area contributed by atoms with Crippen molar-refractivity contribution in [1.29, 1.82) is 0 Å². The third-order valence-corrected chi connectivity index (χ3v) is 3.95. The van der Waals surface area contributed by atoms with Gasteiger partial charge in [-0.1, -0.05) is 13.0 Å². The fourth-order valence-electron chi connectivity index (χ4n) is 1.90. The van der Waals surface area contributed by atoms with Gasteiger partial charge in [-0.2, -0.15) is 0 Å². The standard InChI is InChI=1S/C15H15BrN2OS/c1-2-10-4-3-7-17-14(10)9-18-15(19)12-8-11(20)5-6-13(12)16/h3-8,20H,2,9H2,1H3,(H,18,19). The van der Waals surface area contributed by atoms with Crippen molar-refractivity contribution in [2.75, 3.05) is 0 Å². The zero-order valence-electron chi connectivity index (χ0n) is 11.1. The van der Waals surface area contributed by atoms with Crippen molar-refractivity contribution >= 4 is 34.5 Å². The number of nitrogens with one attached hydrogen (secondary N) is 1. The Hall–Kier alpha value is -1.33. The van der Waals surface area contributed by atoms with Gasteiger partial charge in [0.2, 0.25) is 0 Å². The Morgan fingerprint density at radius 3 is 2.95 bits per heavy atom. The number of pyridine rings is 1. The van der Waals surface area contributed by atoms with Crippen LogP contribution in [0.3, 0.4) is 0 Å². The first-order valence-electron chi connectivity index (χ1n) is 6.31. The number of carbonyl (C=O) groups is 1. The van der Waals surface area contributed by atoms with Crippen LogP contribution in [0.5, 0.6) is 0 Å². The Balaban J connectivity index is 2.11. The van der Waals surface area contributed by atoms with E-state index in [1.165, 1.54) is 0 Å². The predicted molar refractivity (Wildman–Crippen MR) is 86.2 cm³/mol. The molecular formula is C15H15BrN2OS. The van der Waals surface area contributed by atoms with Crippen molar-refractivity contribution in [2.45, 2.75) is 24.8 Å². The highest BCUT2D eigenvalue weighted by atomic mass is 79.9. The van der Waals surface area contributed by atoms with Gasteiger partial charge in [-0.15, -0.1) is 12.6 Å². The molecule has 2 aromatic rings. The molecular weight excluding hydrogens is 336 g/mol. The lowest BCUT2D eigenvalue weighted by Gasteiger charge is -2.09. The number of nitrogens with zero attached hydrogens (tertiary/aromatic N) is 1. The largest absolute Gasteiger partial charge is 0.346 e. The Kier molecular flexibility index (Phi) is 5.20. The average molecular weight is 351 g/mol. The lowest BCUT2D eigenvalue weighted by atomic mass is 10.1. The van der Waals surface area contributed by atoms with Gasteiger partial charge in [-0.05, 0) is 52.2 Å². The molecule has 0 spiro atoms. The number of thiol groups is 1. The second-order valence-corrected chi connectivity index (χ2v) is 5.68. The Morgan fingerprint density at radius 2 is 2.20 bits per heavy atom. The first kappa shape index (κ1) is 15.1. The fraction of sp³-hybridized carbons (Fsp3) is 0.200. The lowest BCUT2D eigenvalue weighted by molar-refractivity contribution is 0.0949. The van der Waals surface area contributed by atoms with Gasteiger partial charge >= 0.3 is 0 Å². The molecule has 0 saturated carbocycles. The molecule has 0 saturated heterocycles. The van der Waals surface area contributed by atoms with E-state index >= 15 is 0 Å². The monoisotopic (exact) mass is 350 g/mol. The summed E-state index contributed by atoms with van der Waals surface area (Å²) in [6, 6.07) is 9.32. The van der Waals surface area contributed by atoms with Crippen molar-refractivity contribution in [1.82, 2.24) is 10.3 Å². The minimum Gasteiger partial charge on any atom is -0.346 e. The topological polar surface area (TPSA) is 42.0 Å².